The first-order valence-electron chi connectivity index (χ1n) is 16.2. The number of rotatable bonds is 3. The van der Waals surface area contributed by atoms with Crippen LogP contribution in [0.2, 0.25) is 0 Å². The molecule has 48 heavy (non-hydrogen) atoms. The van der Waals surface area contributed by atoms with Crippen molar-refractivity contribution >= 4 is 61.9 Å². The Hall–Kier alpha value is -5.97. The second-order valence-electron chi connectivity index (χ2n) is 12.7. The lowest BCUT2D eigenvalue weighted by Gasteiger charge is -2.16. The first kappa shape index (κ1) is 26.1. The molecule has 6 nitrogen and oxygen atoms in total. The van der Waals surface area contributed by atoms with E-state index in [9.17, 15) is 0 Å². The second kappa shape index (κ2) is 9.54. The fourth-order valence-electron chi connectivity index (χ4n) is 7.93. The summed E-state index contributed by atoms with van der Waals surface area (Å²) in [7, 11) is 1.38. The van der Waals surface area contributed by atoms with Crippen molar-refractivity contribution in [2.75, 3.05) is 0 Å². The van der Waals surface area contributed by atoms with Crippen LogP contribution >= 0.6 is 7.53 Å². The highest BCUT2D eigenvalue weighted by Gasteiger charge is 2.34. The van der Waals surface area contributed by atoms with Crippen LogP contribution in [0.25, 0.3) is 76.8 Å². The van der Waals surface area contributed by atoms with Gasteiger partial charge in [0.1, 0.15) is 11.7 Å². The summed E-state index contributed by atoms with van der Waals surface area (Å²) < 4.78 is 6.76. The molecular weight excluding hydrogens is 607 g/mol. The molecule has 226 valence electrons. The van der Waals surface area contributed by atoms with Gasteiger partial charge >= 0.3 is 0 Å². The summed E-state index contributed by atoms with van der Waals surface area (Å²) in [6.45, 7) is 0. The van der Waals surface area contributed by atoms with Crippen molar-refractivity contribution in [2.45, 2.75) is 6.04 Å². The lowest BCUT2D eigenvalue weighted by atomic mass is 10.1. The van der Waals surface area contributed by atoms with E-state index in [0.29, 0.717) is 0 Å². The predicted molar refractivity (Wildman–Crippen MR) is 197 cm³/mol. The Morgan fingerprint density at radius 3 is 2.35 bits per heavy atom. The minimum atomic E-state index is -0.761. The molecule has 2 unspecified atom stereocenters. The minimum Gasteiger partial charge on any atom is -0.324 e. The molecule has 0 saturated carbocycles. The number of para-hydroxylation sites is 4. The van der Waals surface area contributed by atoms with Crippen LogP contribution in [-0.2, 0) is 7.05 Å². The average molecular weight is 635 g/mol. The average Bonchev–Trinajstić information content (AvgIpc) is 3.94. The fourth-order valence-corrected chi connectivity index (χ4v) is 10.1. The maximum absolute atomic E-state index is 5.62. The van der Waals surface area contributed by atoms with Crippen molar-refractivity contribution in [1.29, 1.82) is 0 Å². The number of aryl methyl sites for hydroxylation is 1. The summed E-state index contributed by atoms with van der Waals surface area (Å²) in [5, 5.41) is 11.0. The van der Waals surface area contributed by atoms with E-state index in [1.807, 2.05) is 6.20 Å². The highest BCUT2D eigenvalue weighted by atomic mass is 31.1. The van der Waals surface area contributed by atoms with Crippen molar-refractivity contribution in [2.24, 2.45) is 7.05 Å². The van der Waals surface area contributed by atoms with E-state index in [2.05, 4.69) is 154 Å². The van der Waals surface area contributed by atoms with Crippen molar-refractivity contribution in [3.63, 3.8) is 0 Å². The van der Waals surface area contributed by atoms with Crippen LogP contribution in [0.1, 0.15) is 17.3 Å². The Bertz CT molecular complexity index is 2940. The van der Waals surface area contributed by atoms with Crippen LogP contribution in [0.3, 0.4) is 0 Å². The summed E-state index contributed by atoms with van der Waals surface area (Å²) in [4.78, 5) is 10.7. The molecule has 2 atom stereocenters. The molecule has 5 aromatic heterocycles. The van der Waals surface area contributed by atoms with Gasteiger partial charge in [-0.05, 0) is 78.4 Å². The zero-order valence-electron chi connectivity index (χ0n) is 26.0. The second-order valence-corrected chi connectivity index (χ2v) is 14.6. The Morgan fingerprint density at radius 2 is 1.44 bits per heavy atom. The highest BCUT2D eigenvalue weighted by molar-refractivity contribution is 7.61. The van der Waals surface area contributed by atoms with Gasteiger partial charge in [-0.1, -0.05) is 78.9 Å². The van der Waals surface area contributed by atoms with Gasteiger partial charge in [0, 0.05) is 39.6 Å². The van der Waals surface area contributed by atoms with Gasteiger partial charge in [-0.15, -0.1) is 0 Å². The van der Waals surface area contributed by atoms with Crippen molar-refractivity contribution < 1.29 is 0 Å². The molecule has 5 heterocycles. The molecule has 0 aliphatic heterocycles. The van der Waals surface area contributed by atoms with Crippen molar-refractivity contribution in [3.05, 3.63) is 151 Å². The van der Waals surface area contributed by atoms with Crippen molar-refractivity contribution in [3.8, 4) is 22.4 Å². The SMILES string of the molecule is Cn1c(-p2ccc3ccc(-n4c5ccccc5c5cc6c(nc54)C(n4ncc5ccccc54)c4ccccc4-6)cc32)nc2ccccc21. The number of aromatic nitrogens is 6. The molecule has 0 spiro atoms. The minimum absolute atomic E-state index is 0.124. The number of imidazole rings is 1. The van der Waals surface area contributed by atoms with Gasteiger partial charge in [-0.3, -0.25) is 9.25 Å². The van der Waals surface area contributed by atoms with E-state index in [0.717, 1.165) is 55.4 Å². The third-order valence-electron chi connectivity index (χ3n) is 10.1. The van der Waals surface area contributed by atoms with E-state index in [4.69, 9.17) is 15.1 Å². The van der Waals surface area contributed by atoms with Crippen LogP contribution in [0.15, 0.2) is 139 Å². The van der Waals surface area contributed by atoms with E-state index in [-0.39, 0.29) is 6.04 Å². The lowest BCUT2D eigenvalue weighted by Crippen LogP contribution is -2.12. The molecule has 5 aromatic carbocycles. The Labute approximate surface area is 276 Å². The molecule has 0 saturated heterocycles. The first-order chi connectivity index (χ1) is 23.7. The maximum Gasteiger partial charge on any atom is 0.156 e. The molecule has 1 aliphatic rings. The van der Waals surface area contributed by atoms with E-state index in [1.54, 1.807) is 0 Å². The number of fused-ring (bicyclic) bond motifs is 9. The molecule has 0 bridgehead atoms. The summed E-state index contributed by atoms with van der Waals surface area (Å²) in [5.74, 6) is 2.35. The lowest BCUT2D eigenvalue weighted by molar-refractivity contribution is 0.615. The van der Waals surface area contributed by atoms with Gasteiger partial charge in [0.25, 0.3) is 0 Å². The molecule has 0 N–H and O–H groups in total. The van der Waals surface area contributed by atoms with Crippen LogP contribution in [0.4, 0.5) is 0 Å². The van der Waals surface area contributed by atoms with Gasteiger partial charge in [0.2, 0.25) is 0 Å². The summed E-state index contributed by atoms with van der Waals surface area (Å²) in [6, 6.07) is 45.6. The number of nitrogens with zero attached hydrogens (tertiary/aromatic N) is 6. The van der Waals surface area contributed by atoms with E-state index >= 15 is 0 Å². The molecule has 0 radical (unpaired) electrons. The van der Waals surface area contributed by atoms with Gasteiger partial charge in [-0.2, -0.15) is 5.10 Å². The Morgan fingerprint density at radius 1 is 0.646 bits per heavy atom. The molecule has 7 heteroatoms. The topological polar surface area (TPSA) is 53.5 Å². The van der Waals surface area contributed by atoms with Gasteiger partial charge < -0.3 is 4.57 Å². The number of hydrogen-bond donors (Lipinski definition) is 0. The summed E-state index contributed by atoms with van der Waals surface area (Å²) >= 11 is 0. The molecule has 0 amide bonds. The van der Waals surface area contributed by atoms with Crippen molar-refractivity contribution in [1.82, 2.24) is 28.9 Å². The smallest absolute Gasteiger partial charge is 0.156 e. The Balaban J connectivity index is 1.18. The monoisotopic (exact) mass is 634 g/mol. The zero-order chi connectivity index (χ0) is 31.5. The van der Waals surface area contributed by atoms with Crippen LogP contribution in [-0.4, -0.2) is 28.9 Å². The number of hydrogen-bond acceptors (Lipinski definition) is 3. The first-order valence-corrected chi connectivity index (χ1v) is 17.6. The van der Waals surface area contributed by atoms with E-state index < -0.39 is 7.53 Å². The molecule has 11 rings (SSSR count). The van der Waals surface area contributed by atoms with Crippen LogP contribution < -0.4 is 0 Å². The summed E-state index contributed by atoms with van der Waals surface area (Å²) in [5.41, 5.74) is 12.3. The molecule has 1 aliphatic carbocycles. The standard InChI is InChI=1S/C41H27N6P/c1-45-36-17-9-6-14-33(36)43-41(45)48-21-20-25-18-19-27(22-37(25)48)46-35-16-8-5-12-29(35)32-23-31-28-11-3-4-13-30(28)39(38(31)44-40(32)46)47-34-15-7-2-10-26(34)24-42-47/h2-24,39H,1H3. The maximum atomic E-state index is 5.62. The number of benzene rings is 5. The fraction of sp³-hybridized carbons (Fsp3) is 0.0488. The quantitative estimate of drug-likeness (QED) is 0.194. The predicted octanol–water partition coefficient (Wildman–Crippen LogP) is 10.2. The van der Waals surface area contributed by atoms with Crippen LogP contribution in [0, 0.1) is 0 Å². The highest BCUT2D eigenvalue weighted by Crippen LogP contribution is 2.50. The number of pyridine rings is 1. The van der Waals surface area contributed by atoms with Gasteiger partial charge in [-0.25, -0.2) is 9.97 Å². The Kier molecular flexibility index (Phi) is 5.19. The largest absolute Gasteiger partial charge is 0.324 e. The zero-order valence-corrected chi connectivity index (χ0v) is 26.9. The van der Waals surface area contributed by atoms with Gasteiger partial charge in [0.15, 0.2) is 5.57 Å². The van der Waals surface area contributed by atoms with Crippen LogP contribution in [0.5, 0.6) is 0 Å². The third kappa shape index (κ3) is 3.45. The summed E-state index contributed by atoms with van der Waals surface area (Å²) in [6.07, 6.45) is 1.97. The normalized spacial score (nSPS) is 14.5. The molecule has 0 fully saturated rings. The molecular formula is C41H27N6P. The third-order valence-corrected chi connectivity index (χ3v) is 12.3. The molecule has 10 aromatic rings. The van der Waals surface area contributed by atoms with Gasteiger partial charge in [0.05, 0.1) is 34.0 Å². The van der Waals surface area contributed by atoms with E-state index in [1.165, 1.54) is 32.6 Å².